The van der Waals surface area contributed by atoms with Crippen molar-refractivity contribution in [3.05, 3.63) is 66.4 Å². The fourth-order valence-electron chi connectivity index (χ4n) is 4.39. The van der Waals surface area contributed by atoms with Gasteiger partial charge >= 0.3 is 0 Å². The van der Waals surface area contributed by atoms with Crippen LogP contribution in [0.3, 0.4) is 0 Å². The number of fused-ring (bicyclic) bond motifs is 1. The molecule has 6 nitrogen and oxygen atoms in total. The Labute approximate surface area is 190 Å². The molecule has 7 heteroatoms. The second kappa shape index (κ2) is 9.46. The summed E-state index contributed by atoms with van der Waals surface area (Å²) in [5, 5.41) is 4.03. The zero-order valence-corrected chi connectivity index (χ0v) is 19.5. The van der Waals surface area contributed by atoms with E-state index in [0.29, 0.717) is 30.8 Å². The van der Waals surface area contributed by atoms with Crippen LogP contribution in [-0.4, -0.2) is 42.3 Å². The Hall–Kier alpha value is -2.64. The van der Waals surface area contributed by atoms with E-state index < -0.39 is 10.0 Å². The van der Waals surface area contributed by atoms with Gasteiger partial charge in [-0.1, -0.05) is 30.3 Å². The van der Waals surface area contributed by atoms with Crippen molar-refractivity contribution in [3.8, 4) is 0 Å². The van der Waals surface area contributed by atoms with Crippen molar-refractivity contribution >= 4 is 26.8 Å². The lowest BCUT2D eigenvalue weighted by Crippen LogP contribution is -2.44. The summed E-state index contributed by atoms with van der Waals surface area (Å²) in [4.78, 5) is 13.0. The number of sulfonamides is 1. The molecule has 1 aliphatic rings. The van der Waals surface area contributed by atoms with Crippen LogP contribution < -0.4 is 5.32 Å². The lowest BCUT2D eigenvalue weighted by molar-refractivity contribution is -0.126. The Morgan fingerprint density at radius 1 is 1.09 bits per heavy atom. The number of rotatable bonds is 7. The van der Waals surface area contributed by atoms with E-state index >= 15 is 0 Å². The zero-order chi connectivity index (χ0) is 22.7. The van der Waals surface area contributed by atoms with Crippen molar-refractivity contribution in [2.75, 3.05) is 13.1 Å². The molecule has 0 aliphatic carbocycles. The molecular formula is C25H31N3O3S. The van der Waals surface area contributed by atoms with Gasteiger partial charge in [0.2, 0.25) is 15.9 Å². The molecule has 1 amide bonds. The van der Waals surface area contributed by atoms with Gasteiger partial charge in [0.1, 0.15) is 0 Å². The first-order valence-corrected chi connectivity index (χ1v) is 12.7. The highest BCUT2D eigenvalue weighted by atomic mass is 32.2. The number of hydrogen-bond donors (Lipinski definition) is 1. The number of piperidine rings is 1. The summed E-state index contributed by atoms with van der Waals surface area (Å²) < 4.78 is 29.7. The van der Waals surface area contributed by atoms with Gasteiger partial charge in [0, 0.05) is 49.2 Å². The highest BCUT2D eigenvalue weighted by Gasteiger charge is 2.32. The van der Waals surface area contributed by atoms with Crippen LogP contribution in [0.4, 0.5) is 0 Å². The molecule has 4 rings (SSSR count). The molecule has 0 bridgehead atoms. The van der Waals surface area contributed by atoms with Crippen molar-refractivity contribution in [3.63, 3.8) is 0 Å². The highest BCUT2D eigenvalue weighted by molar-refractivity contribution is 7.89. The molecule has 0 radical (unpaired) electrons. The van der Waals surface area contributed by atoms with Crippen LogP contribution >= 0.6 is 0 Å². The third-order valence-corrected chi connectivity index (χ3v) is 8.31. The molecule has 1 saturated heterocycles. The number of benzene rings is 2. The number of hydrogen-bond acceptors (Lipinski definition) is 3. The van der Waals surface area contributed by atoms with Gasteiger partial charge in [-0.15, -0.1) is 0 Å². The highest BCUT2D eigenvalue weighted by Crippen LogP contribution is 2.26. The Morgan fingerprint density at radius 2 is 1.81 bits per heavy atom. The number of nitrogens with zero attached hydrogens (tertiary/aromatic N) is 2. The summed E-state index contributed by atoms with van der Waals surface area (Å²) in [5.41, 5.74) is 2.27. The average molecular weight is 454 g/mol. The van der Waals surface area contributed by atoms with Gasteiger partial charge in [-0.3, -0.25) is 4.79 Å². The number of aromatic nitrogens is 1. The zero-order valence-electron chi connectivity index (χ0n) is 18.7. The van der Waals surface area contributed by atoms with Gasteiger partial charge in [-0.05, 0) is 62.4 Å². The summed E-state index contributed by atoms with van der Waals surface area (Å²) in [5.74, 6) is -0.106. The summed E-state index contributed by atoms with van der Waals surface area (Å²) >= 11 is 0. The Balaban J connectivity index is 1.31. The second-order valence-corrected chi connectivity index (χ2v) is 10.7. The maximum atomic E-state index is 13.1. The summed E-state index contributed by atoms with van der Waals surface area (Å²) in [7, 11) is -1.62. The molecule has 1 aliphatic heterocycles. The SMILES string of the molecule is C[C@H](CCc1ccccc1)NC(=O)C1CCN(S(=O)(=O)c2ccc3c(ccn3C)c2)CC1. The van der Waals surface area contributed by atoms with Crippen LogP contribution in [0, 0.1) is 5.92 Å². The molecule has 3 aromatic rings. The number of aryl methyl sites for hydroxylation is 2. The summed E-state index contributed by atoms with van der Waals surface area (Å²) in [6, 6.07) is 17.5. The standard InChI is InChI=1S/C25H31N3O3S/c1-19(8-9-20-6-4-3-5-7-20)26-25(29)21-13-16-28(17-14-21)32(30,31)23-10-11-24-22(18-23)12-15-27(24)2/h3-7,10-12,15,18-19,21H,8-9,13-14,16-17H2,1-2H3,(H,26,29)/t19-/m1/s1. The maximum Gasteiger partial charge on any atom is 0.243 e. The van der Waals surface area contributed by atoms with E-state index in [1.165, 1.54) is 9.87 Å². The second-order valence-electron chi connectivity index (χ2n) is 8.76. The minimum absolute atomic E-state index is 0.0355. The molecule has 1 fully saturated rings. The lowest BCUT2D eigenvalue weighted by Gasteiger charge is -2.31. The molecule has 170 valence electrons. The number of carbonyl (C=O) groups is 1. The van der Waals surface area contributed by atoms with Crippen LogP contribution in [0.1, 0.15) is 31.7 Å². The van der Waals surface area contributed by atoms with Crippen LogP contribution in [-0.2, 0) is 28.3 Å². The quantitative estimate of drug-likeness (QED) is 0.593. The first-order valence-electron chi connectivity index (χ1n) is 11.2. The van der Waals surface area contributed by atoms with Crippen molar-refractivity contribution in [2.24, 2.45) is 13.0 Å². The molecule has 1 atom stereocenters. The third kappa shape index (κ3) is 4.89. The summed E-state index contributed by atoms with van der Waals surface area (Å²) in [6.45, 7) is 2.76. The third-order valence-electron chi connectivity index (χ3n) is 6.42. The van der Waals surface area contributed by atoms with Gasteiger partial charge < -0.3 is 9.88 Å². The average Bonchev–Trinajstić information content (AvgIpc) is 3.18. The van der Waals surface area contributed by atoms with E-state index in [2.05, 4.69) is 17.4 Å². The minimum Gasteiger partial charge on any atom is -0.353 e. The largest absolute Gasteiger partial charge is 0.353 e. The Bertz CT molecular complexity index is 1180. The van der Waals surface area contributed by atoms with Crippen LogP contribution in [0.25, 0.3) is 10.9 Å². The van der Waals surface area contributed by atoms with E-state index in [0.717, 1.165) is 23.7 Å². The van der Waals surface area contributed by atoms with Gasteiger partial charge in [0.25, 0.3) is 0 Å². The molecule has 0 spiro atoms. The van der Waals surface area contributed by atoms with E-state index in [4.69, 9.17) is 0 Å². The van der Waals surface area contributed by atoms with E-state index in [1.807, 2.05) is 55.1 Å². The normalized spacial score (nSPS) is 16.8. The molecule has 2 heterocycles. The Kier molecular flexibility index (Phi) is 6.67. The number of carbonyl (C=O) groups excluding carboxylic acids is 1. The molecule has 0 unspecified atom stereocenters. The summed E-state index contributed by atoms with van der Waals surface area (Å²) in [6.07, 6.45) is 4.82. The van der Waals surface area contributed by atoms with Crippen molar-refractivity contribution in [1.29, 1.82) is 0 Å². The molecular weight excluding hydrogens is 422 g/mol. The van der Waals surface area contributed by atoms with Crippen molar-refractivity contribution in [1.82, 2.24) is 14.2 Å². The van der Waals surface area contributed by atoms with Gasteiger partial charge in [-0.2, -0.15) is 4.31 Å². The van der Waals surface area contributed by atoms with Gasteiger partial charge in [0.15, 0.2) is 0 Å². The Morgan fingerprint density at radius 3 is 2.53 bits per heavy atom. The van der Waals surface area contributed by atoms with E-state index in [9.17, 15) is 13.2 Å². The molecule has 1 aromatic heterocycles. The molecule has 2 aromatic carbocycles. The van der Waals surface area contributed by atoms with Gasteiger partial charge in [-0.25, -0.2) is 8.42 Å². The number of nitrogens with one attached hydrogen (secondary N) is 1. The van der Waals surface area contributed by atoms with E-state index in [-0.39, 0.29) is 17.9 Å². The lowest BCUT2D eigenvalue weighted by atomic mass is 9.96. The van der Waals surface area contributed by atoms with Crippen LogP contribution in [0.2, 0.25) is 0 Å². The topological polar surface area (TPSA) is 71.4 Å². The molecule has 32 heavy (non-hydrogen) atoms. The van der Waals surface area contributed by atoms with Crippen LogP contribution in [0.5, 0.6) is 0 Å². The van der Waals surface area contributed by atoms with Crippen molar-refractivity contribution < 1.29 is 13.2 Å². The van der Waals surface area contributed by atoms with Gasteiger partial charge in [0.05, 0.1) is 4.90 Å². The predicted molar refractivity (Wildman–Crippen MR) is 127 cm³/mol. The predicted octanol–water partition coefficient (Wildman–Crippen LogP) is 3.72. The number of amides is 1. The minimum atomic E-state index is -3.56. The maximum absolute atomic E-state index is 13.1. The first-order chi connectivity index (χ1) is 15.3. The fourth-order valence-corrected chi connectivity index (χ4v) is 5.89. The molecule has 0 saturated carbocycles. The van der Waals surface area contributed by atoms with E-state index in [1.54, 1.807) is 12.1 Å². The molecule has 1 N–H and O–H groups in total. The van der Waals surface area contributed by atoms with Crippen molar-refractivity contribution in [2.45, 2.75) is 43.5 Å². The van der Waals surface area contributed by atoms with Crippen LogP contribution in [0.15, 0.2) is 65.7 Å². The smallest absolute Gasteiger partial charge is 0.243 e. The fraction of sp³-hybridized carbons (Fsp3) is 0.400. The monoisotopic (exact) mass is 453 g/mol. The first kappa shape index (κ1) is 22.6.